The lowest BCUT2D eigenvalue weighted by atomic mass is 9.84. The summed E-state index contributed by atoms with van der Waals surface area (Å²) in [6, 6.07) is 9.09. The topological polar surface area (TPSA) is 46.5 Å². The van der Waals surface area contributed by atoms with Crippen molar-refractivity contribution in [2.75, 3.05) is 6.61 Å². The fourth-order valence-electron chi connectivity index (χ4n) is 3.32. The third-order valence-electron chi connectivity index (χ3n) is 4.59. The number of aliphatic hydroxyl groups excluding tert-OH is 1. The summed E-state index contributed by atoms with van der Waals surface area (Å²) in [4.78, 5) is 12.1. The van der Waals surface area contributed by atoms with Gasteiger partial charge < -0.3 is 9.84 Å². The number of Topliss-reactive ketones (excluding diaryl/α,β-unsaturated/α-hetero) is 1. The summed E-state index contributed by atoms with van der Waals surface area (Å²) in [5.74, 6) is 0.512. The minimum absolute atomic E-state index is 0.0420. The first-order valence-corrected chi connectivity index (χ1v) is 8.69. The number of benzene rings is 1. The van der Waals surface area contributed by atoms with Gasteiger partial charge in [-0.1, -0.05) is 55.7 Å². The molecule has 0 saturated heterocycles. The Morgan fingerprint density at radius 1 is 1.26 bits per heavy atom. The monoisotopic (exact) mass is 316 g/mol. The number of carbonyl (C=O) groups excluding carboxylic acids is 1. The van der Waals surface area contributed by atoms with Gasteiger partial charge in [0, 0.05) is 12.0 Å². The van der Waals surface area contributed by atoms with Crippen LogP contribution >= 0.6 is 0 Å². The van der Waals surface area contributed by atoms with Gasteiger partial charge in [-0.15, -0.1) is 6.58 Å². The summed E-state index contributed by atoms with van der Waals surface area (Å²) in [5, 5.41) is 10.1. The van der Waals surface area contributed by atoms with Crippen molar-refractivity contribution in [1.29, 1.82) is 0 Å². The molecule has 0 aromatic heterocycles. The van der Waals surface area contributed by atoms with Crippen LogP contribution in [0.3, 0.4) is 0 Å². The van der Waals surface area contributed by atoms with Crippen molar-refractivity contribution < 1.29 is 14.6 Å². The second-order valence-electron chi connectivity index (χ2n) is 6.44. The summed E-state index contributed by atoms with van der Waals surface area (Å²) in [7, 11) is 0. The highest BCUT2D eigenvalue weighted by molar-refractivity contribution is 5.96. The molecule has 3 nitrogen and oxygen atoms in total. The molecule has 1 aliphatic carbocycles. The van der Waals surface area contributed by atoms with Crippen LogP contribution in [0.2, 0.25) is 0 Å². The lowest BCUT2D eigenvalue weighted by Gasteiger charge is -2.30. The van der Waals surface area contributed by atoms with Gasteiger partial charge in [0.2, 0.25) is 0 Å². The highest BCUT2D eigenvalue weighted by Crippen LogP contribution is 2.29. The van der Waals surface area contributed by atoms with E-state index in [1.165, 1.54) is 32.1 Å². The Morgan fingerprint density at radius 3 is 2.61 bits per heavy atom. The first-order chi connectivity index (χ1) is 11.2. The van der Waals surface area contributed by atoms with Crippen LogP contribution in [0, 0.1) is 5.92 Å². The van der Waals surface area contributed by atoms with Crippen molar-refractivity contribution in [3.63, 3.8) is 0 Å². The first-order valence-electron chi connectivity index (χ1n) is 8.69. The third-order valence-corrected chi connectivity index (χ3v) is 4.59. The van der Waals surface area contributed by atoms with Crippen LogP contribution in [0.25, 0.3) is 0 Å². The Kier molecular flexibility index (Phi) is 7.50. The van der Waals surface area contributed by atoms with Crippen LogP contribution in [0.5, 0.6) is 0 Å². The molecule has 3 heteroatoms. The molecule has 1 aliphatic rings. The molecule has 0 radical (unpaired) electrons. The van der Waals surface area contributed by atoms with Crippen LogP contribution in [0.15, 0.2) is 43.0 Å². The van der Waals surface area contributed by atoms with E-state index in [-0.39, 0.29) is 24.9 Å². The lowest BCUT2D eigenvalue weighted by Crippen LogP contribution is -2.30. The van der Waals surface area contributed by atoms with Crippen molar-refractivity contribution >= 4 is 5.78 Å². The number of hydrogen-bond acceptors (Lipinski definition) is 3. The standard InChI is InChI=1S/C20H28O3/c1-2-9-20(17-12-7-4-8-13-17)23-15-18(21)14-19(22)16-10-5-3-6-11-16/h2-3,5-6,10-11,17-18,20-21H,1,4,7-9,12-15H2/t18-,20+/m0/s1. The minimum Gasteiger partial charge on any atom is -0.390 e. The van der Waals surface area contributed by atoms with E-state index in [0.29, 0.717) is 11.5 Å². The molecule has 2 rings (SSSR count). The van der Waals surface area contributed by atoms with Gasteiger partial charge in [0.1, 0.15) is 0 Å². The van der Waals surface area contributed by atoms with Gasteiger partial charge in [-0.3, -0.25) is 4.79 Å². The number of aliphatic hydroxyl groups is 1. The summed E-state index contributed by atoms with van der Waals surface area (Å²) in [5.41, 5.74) is 0.640. The van der Waals surface area contributed by atoms with E-state index in [9.17, 15) is 9.90 Å². The molecule has 126 valence electrons. The van der Waals surface area contributed by atoms with Crippen molar-refractivity contribution in [3.8, 4) is 0 Å². The molecule has 1 aromatic rings. The average molecular weight is 316 g/mol. The first kappa shape index (κ1) is 17.9. The van der Waals surface area contributed by atoms with E-state index < -0.39 is 6.10 Å². The second kappa shape index (κ2) is 9.64. The molecule has 23 heavy (non-hydrogen) atoms. The van der Waals surface area contributed by atoms with Crippen molar-refractivity contribution in [1.82, 2.24) is 0 Å². The maximum atomic E-state index is 12.1. The Bertz CT molecular complexity index is 477. The maximum Gasteiger partial charge on any atom is 0.165 e. The normalized spacial score (nSPS) is 18.3. The molecule has 0 unspecified atom stereocenters. The van der Waals surface area contributed by atoms with Crippen LogP contribution < -0.4 is 0 Å². The van der Waals surface area contributed by atoms with Gasteiger partial charge >= 0.3 is 0 Å². The summed E-state index contributed by atoms with van der Waals surface area (Å²) < 4.78 is 5.95. The average Bonchev–Trinajstić information content (AvgIpc) is 2.60. The summed E-state index contributed by atoms with van der Waals surface area (Å²) >= 11 is 0. The Balaban J connectivity index is 1.80. The van der Waals surface area contributed by atoms with Gasteiger partial charge in [0.15, 0.2) is 5.78 Å². The molecule has 0 heterocycles. The van der Waals surface area contributed by atoms with E-state index >= 15 is 0 Å². The molecule has 0 spiro atoms. The Morgan fingerprint density at radius 2 is 1.96 bits per heavy atom. The Hall–Kier alpha value is -1.45. The molecule has 1 saturated carbocycles. The highest BCUT2D eigenvalue weighted by atomic mass is 16.5. The van der Waals surface area contributed by atoms with Crippen LogP contribution in [-0.4, -0.2) is 29.7 Å². The molecule has 1 N–H and O–H groups in total. The fourth-order valence-corrected chi connectivity index (χ4v) is 3.32. The third kappa shape index (κ3) is 5.92. The summed E-state index contributed by atoms with van der Waals surface area (Å²) in [6.07, 6.45) is 8.39. The van der Waals surface area contributed by atoms with Crippen molar-refractivity contribution in [2.24, 2.45) is 5.92 Å². The number of ether oxygens (including phenoxy) is 1. The predicted octanol–water partition coefficient (Wildman–Crippen LogP) is 4.16. The van der Waals surface area contributed by atoms with E-state index in [2.05, 4.69) is 6.58 Å². The van der Waals surface area contributed by atoms with E-state index in [0.717, 1.165) is 6.42 Å². The Labute approximate surface area is 139 Å². The molecule has 0 aliphatic heterocycles. The summed E-state index contributed by atoms with van der Waals surface area (Å²) in [6.45, 7) is 4.03. The molecule has 1 fully saturated rings. The van der Waals surface area contributed by atoms with Gasteiger partial charge in [-0.25, -0.2) is 0 Å². The quantitative estimate of drug-likeness (QED) is 0.549. The van der Waals surface area contributed by atoms with Gasteiger partial charge in [0.25, 0.3) is 0 Å². The molecule has 0 bridgehead atoms. The highest BCUT2D eigenvalue weighted by Gasteiger charge is 2.24. The molecular formula is C20H28O3. The van der Waals surface area contributed by atoms with Crippen LogP contribution in [-0.2, 0) is 4.74 Å². The smallest absolute Gasteiger partial charge is 0.165 e. The maximum absolute atomic E-state index is 12.1. The minimum atomic E-state index is -0.751. The number of hydrogen-bond donors (Lipinski definition) is 1. The second-order valence-corrected chi connectivity index (χ2v) is 6.44. The van der Waals surface area contributed by atoms with E-state index in [4.69, 9.17) is 4.74 Å². The zero-order chi connectivity index (χ0) is 16.5. The molecule has 0 amide bonds. The lowest BCUT2D eigenvalue weighted by molar-refractivity contribution is -0.0402. The van der Waals surface area contributed by atoms with Gasteiger partial charge in [-0.2, -0.15) is 0 Å². The van der Waals surface area contributed by atoms with Crippen LogP contribution in [0.4, 0.5) is 0 Å². The molecule has 1 aromatic carbocycles. The van der Waals surface area contributed by atoms with E-state index in [1.807, 2.05) is 24.3 Å². The van der Waals surface area contributed by atoms with Crippen LogP contribution in [0.1, 0.15) is 55.3 Å². The van der Waals surface area contributed by atoms with Gasteiger partial charge in [0.05, 0.1) is 18.8 Å². The fraction of sp³-hybridized carbons (Fsp3) is 0.550. The SMILES string of the molecule is C=CC[C@@H](OC[C@@H](O)CC(=O)c1ccccc1)C1CCCCC1. The largest absolute Gasteiger partial charge is 0.390 e. The number of ketones is 1. The van der Waals surface area contributed by atoms with E-state index in [1.54, 1.807) is 12.1 Å². The number of carbonyl (C=O) groups is 1. The van der Waals surface area contributed by atoms with Crippen molar-refractivity contribution in [2.45, 2.75) is 57.2 Å². The molecule has 2 atom stereocenters. The number of rotatable bonds is 9. The van der Waals surface area contributed by atoms with Gasteiger partial charge in [-0.05, 0) is 25.2 Å². The zero-order valence-corrected chi connectivity index (χ0v) is 13.8. The zero-order valence-electron chi connectivity index (χ0n) is 13.8. The predicted molar refractivity (Wildman–Crippen MR) is 92.5 cm³/mol. The van der Waals surface area contributed by atoms with Crippen molar-refractivity contribution in [3.05, 3.63) is 48.6 Å². The molecular weight excluding hydrogens is 288 g/mol.